The first-order valence-electron chi connectivity index (χ1n) is 5.02. The zero-order valence-corrected chi connectivity index (χ0v) is 10.9. The molecule has 0 aliphatic carbocycles. The van der Waals surface area contributed by atoms with E-state index in [1.54, 1.807) is 30.0 Å². The van der Waals surface area contributed by atoms with Crippen molar-refractivity contribution < 1.29 is 4.79 Å². The van der Waals surface area contributed by atoms with Crippen LogP contribution in [0.2, 0.25) is 5.02 Å². The van der Waals surface area contributed by atoms with Crippen LogP contribution in [0, 0.1) is 0 Å². The Bertz CT molecular complexity index is 384. The van der Waals surface area contributed by atoms with Crippen molar-refractivity contribution in [1.29, 1.82) is 0 Å². The molecule has 0 fully saturated rings. The highest BCUT2D eigenvalue weighted by Crippen LogP contribution is 2.24. The lowest BCUT2D eigenvalue weighted by molar-refractivity contribution is -0.115. The van der Waals surface area contributed by atoms with E-state index in [1.807, 2.05) is 13.8 Å². The van der Waals surface area contributed by atoms with Crippen molar-refractivity contribution in [2.75, 3.05) is 16.8 Å². The van der Waals surface area contributed by atoms with Crippen molar-refractivity contribution in [1.82, 2.24) is 0 Å². The molecule has 0 heterocycles. The summed E-state index contributed by atoms with van der Waals surface area (Å²) in [5.41, 5.74) is 6.75. The topological polar surface area (TPSA) is 55.1 Å². The Kier molecular flexibility index (Phi) is 4.96. The van der Waals surface area contributed by atoms with Gasteiger partial charge in [-0.25, -0.2) is 0 Å². The summed E-state index contributed by atoms with van der Waals surface area (Å²) in [5.74, 6) is 0.864. The van der Waals surface area contributed by atoms with E-state index < -0.39 is 0 Å². The Morgan fingerprint density at radius 3 is 2.88 bits per heavy atom. The molecule has 5 heteroatoms. The average Bonchev–Trinajstić information content (AvgIpc) is 2.22. The van der Waals surface area contributed by atoms with Gasteiger partial charge >= 0.3 is 0 Å². The van der Waals surface area contributed by atoms with Crippen LogP contribution in [-0.2, 0) is 4.79 Å². The van der Waals surface area contributed by atoms with Gasteiger partial charge in [0.05, 0.1) is 16.0 Å². The maximum absolute atomic E-state index is 11.7. The highest BCUT2D eigenvalue weighted by molar-refractivity contribution is 8.00. The van der Waals surface area contributed by atoms with Crippen LogP contribution in [0.3, 0.4) is 0 Å². The van der Waals surface area contributed by atoms with E-state index in [4.69, 9.17) is 17.3 Å². The number of benzene rings is 1. The molecule has 3 N–H and O–H groups in total. The van der Waals surface area contributed by atoms with Gasteiger partial charge in [-0.15, -0.1) is 11.8 Å². The van der Waals surface area contributed by atoms with Gasteiger partial charge < -0.3 is 11.1 Å². The zero-order valence-electron chi connectivity index (χ0n) is 9.29. The summed E-state index contributed by atoms with van der Waals surface area (Å²) in [4.78, 5) is 11.7. The van der Waals surface area contributed by atoms with Crippen LogP contribution in [0.4, 0.5) is 11.4 Å². The second-order valence-electron chi connectivity index (χ2n) is 3.33. The molecule has 3 nitrogen and oxygen atoms in total. The van der Waals surface area contributed by atoms with Crippen molar-refractivity contribution >= 4 is 40.6 Å². The molecule has 1 unspecified atom stereocenters. The van der Waals surface area contributed by atoms with E-state index in [0.717, 1.165) is 5.75 Å². The van der Waals surface area contributed by atoms with E-state index in [0.29, 0.717) is 16.4 Å². The number of nitrogens with two attached hydrogens (primary N) is 1. The summed E-state index contributed by atoms with van der Waals surface area (Å²) >= 11 is 7.54. The van der Waals surface area contributed by atoms with Gasteiger partial charge in [-0.2, -0.15) is 0 Å². The van der Waals surface area contributed by atoms with Gasteiger partial charge in [0.2, 0.25) is 5.91 Å². The molecule has 88 valence electrons. The number of amides is 1. The van der Waals surface area contributed by atoms with Crippen molar-refractivity contribution in [3.63, 3.8) is 0 Å². The summed E-state index contributed by atoms with van der Waals surface area (Å²) in [7, 11) is 0. The first-order chi connectivity index (χ1) is 7.54. The quantitative estimate of drug-likeness (QED) is 0.817. The van der Waals surface area contributed by atoms with Crippen LogP contribution in [-0.4, -0.2) is 16.9 Å². The molecule has 0 aliphatic rings. The first-order valence-corrected chi connectivity index (χ1v) is 6.44. The molecule has 0 saturated carbocycles. The van der Waals surface area contributed by atoms with Gasteiger partial charge in [-0.05, 0) is 30.9 Å². The lowest BCUT2D eigenvalue weighted by Gasteiger charge is -2.12. The Morgan fingerprint density at radius 2 is 2.31 bits per heavy atom. The monoisotopic (exact) mass is 258 g/mol. The fourth-order valence-corrected chi connectivity index (χ4v) is 2.14. The molecule has 1 aromatic carbocycles. The Balaban J connectivity index is 2.69. The number of hydrogen-bond donors (Lipinski definition) is 2. The predicted molar refractivity (Wildman–Crippen MR) is 72.1 cm³/mol. The predicted octanol–water partition coefficient (Wildman–Crippen LogP) is 3.00. The third kappa shape index (κ3) is 3.61. The standard InChI is InChI=1S/C11H15ClN2OS/c1-3-16-7(2)11(15)14-10-5-4-8(13)6-9(10)12/h4-7H,3,13H2,1-2H3,(H,14,15). The molecule has 1 rings (SSSR count). The van der Waals surface area contributed by atoms with Crippen LogP contribution in [0.1, 0.15) is 13.8 Å². The van der Waals surface area contributed by atoms with Crippen LogP contribution >= 0.6 is 23.4 Å². The largest absolute Gasteiger partial charge is 0.399 e. The maximum Gasteiger partial charge on any atom is 0.237 e. The van der Waals surface area contributed by atoms with E-state index >= 15 is 0 Å². The Hall–Kier alpha value is -0.870. The number of halogens is 1. The van der Waals surface area contributed by atoms with Crippen LogP contribution in [0.25, 0.3) is 0 Å². The van der Waals surface area contributed by atoms with Crippen molar-refractivity contribution in [3.8, 4) is 0 Å². The fourth-order valence-electron chi connectivity index (χ4n) is 1.19. The Morgan fingerprint density at radius 1 is 1.62 bits per heavy atom. The number of nitrogen functional groups attached to an aromatic ring is 1. The van der Waals surface area contributed by atoms with E-state index in [1.165, 1.54) is 0 Å². The molecule has 0 aliphatic heterocycles. The SMILES string of the molecule is CCSC(C)C(=O)Nc1ccc(N)cc1Cl. The molecule has 0 aromatic heterocycles. The number of rotatable bonds is 4. The molecule has 0 spiro atoms. The van der Waals surface area contributed by atoms with E-state index in [2.05, 4.69) is 5.32 Å². The number of thioether (sulfide) groups is 1. The minimum atomic E-state index is -0.0846. The summed E-state index contributed by atoms with van der Waals surface area (Å²) in [6.45, 7) is 3.89. The van der Waals surface area contributed by atoms with Crippen molar-refractivity contribution in [2.24, 2.45) is 0 Å². The summed E-state index contributed by atoms with van der Waals surface area (Å²) < 4.78 is 0. The molecule has 0 radical (unpaired) electrons. The highest BCUT2D eigenvalue weighted by Gasteiger charge is 2.13. The zero-order chi connectivity index (χ0) is 12.1. The van der Waals surface area contributed by atoms with Crippen LogP contribution < -0.4 is 11.1 Å². The van der Waals surface area contributed by atoms with Gasteiger partial charge in [0.1, 0.15) is 0 Å². The Labute approximate surface area is 105 Å². The van der Waals surface area contributed by atoms with Gasteiger partial charge in [0, 0.05) is 5.69 Å². The van der Waals surface area contributed by atoms with Crippen molar-refractivity contribution in [2.45, 2.75) is 19.1 Å². The smallest absolute Gasteiger partial charge is 0.237 e. The van der Waals surface area contributed by atoms with Gasteiger partial charge in [-0.3, -0.25) is 4.79 Å². The van der Waals surface area contributed by atoms with E-state index in [9.17, 15) is 4.79 Å². The fraction of sp³-hybridized carbons (Fsp3) is 0.364. The molecule has 0 saturated heterocycles. The summed E-state index contributed by atoms with van der Waals surface area (Å²) in [6, 6.07) is 5.03. The normalized spacial score (nSPS) is 12.2. The summed E-state index contributed by atoms with van der Waals surface area (Å²) in [5, 5.41) is 3.15. The molecular formula is C11H15ClN2OS. The maximum atomic E-state index is 11.7. The van der Waals surface area contributed by atoms with Gasteiger partial charge in [-0.1, -0.05) is 18.5 Å². The molecule has 1 aromatic rings. The average molecular weight is 259 g/mol. The number of anilines is 2. The van der Waals surface area contributed by atoms with Gasteiger partial charge in [0.25, 0.3) is 0 Å². The number of hydrogen-bond acceptors (Lipinski definition) is 3. The number of carbonyl (C=O) groups excluding carboxylic acids is 1. The molecule has 0 bridgehead atoms. The number of nitrogens with one attached hydrogen (secondary N) is 1. The van der Waals surface area contributed by atoms with Crippen molar-refractivity contribution in [3.05, 3.63) is 23.2 Å². The lowest BCUT2D eigenvalue weighted by Crippen LogP contribution is -2.22. The highest BCUT2D eigenvalue weighted by atomic mass is 35.5. The van der Waals surface area contributed by atoms with E-state index in [-0.39, 0.29) is 11.2 Å². The molecule has 16 heavy (non-hydrogen) atoms. The first kappa shape index (κ1) is 13.2. The van der Waals surface area contributed by atoms with Crippen LogP contribution in [0.15, 0.2) is 18.2 Å². The number of carbonyl (C=O) groups is 1. The minimum Gasteiger partial charge on any atom is -0.399 e. The molecule has 1 atom stereocenters. The minimum absolute atomic E-state index is 0.0430. The third-order valence-electron chi connectivity index (χ3n) is 2.04. The second-order valence-corrected chi connectivity index (χ2v) is 5.35. The molecular weight excluding hydrogens is 244 g/mol. The third-order valence-corrected chi connectivity index (χ3v) is 3.40. The van der Waals surface area contributed by atoms with Crippen LogP contribution in [0.5, 0.6) is 0 Å². The second kappa shape index (κ2) is 6.01. The molecule has 1 amide bonds. The van der Waals surface area contributed by atoms with Gasteiger partial charge in [0.15, 0.2) is 0 Å². The lowest BCUT2D eigenvalue weighted by atomic mass is 10.2. The summed E-state index contributed by atoms with van der Waals surface area (Å²) in [6.07, 6.45) is 0.